The molecule has 0 amide bonds. The summed E-state index contributed by atoms with van der Waals surface area (Å²) in [6, 6.07) is 10.9. The molecular formula is C33H41N6O8P. The quantitative estimate of drug-likeness (QED) is 0.189. The fourth-order valence-electron chi connectivity index (χ4n) is 7.57. The molecule has 48 heavy (non-hydrogen) atoms. The van der Waals surface area contributed by atoms with Crippen LogP contribution < -0.4 is 15.3 Å². The maximum absolute atomic E-state index is 14.4. The lowest BCUT2D eigenvalue weighted by atomic mass is 9.65. The second-order valence-electron chi connectivity index (χ2n) is 14.8. The van der Waals surface area contributed by atoms with Gasteiger partial charge in [0.05, 0.1) is 5.69 Å². The predicted molar refractivity (Wildman–Crippen MR) is 171 cm³/mol. The number of nitrogens with two attached hydrogens (primary N) is 1. The fraction of sp³-hybridized carbons (Fsp3) is 0.576. The summed E-state index contributed by atoms with van der Waals surface area (Å²) >= 11 is 0. The van der Waals surface area contributed by atoms with Crippen LogP contribution in [-0.4, -0.2) is 66.8 Å². The zero-order valence-electron chi connectivity index (χ0n) is 27.3. The van der Waals surface area contributed by atoms with Crippen LogP contribution in [0.3, 0.4) is 0 Å². The molecule has 7 rings (SSSR count). The van der Waals surface area contributed by atoms with Crippen LogP contribution in [0.2, 0.25) is 0 Å². The first-order valence-corrected chi connectivity index (χ1v) is 17.8. The summed E-state index contributed by atoms with van der Waals surface area (Å²) in [5.41, 5.74) is 3.35. The number of carbonyl (C=O) groups excluding carboxylic acids is 1. The number of nitrogens with one attached hydrogen (secondary N) is 1. The van der Waals surface area contributed by atoms with Crippen molar-refractivity contribution >= 4 is 25.1 Å². The lowest BCUT2D eigenvalue weighted by molar-refractivity contribution is -0.162. The largest absolute Gasteiger partial charge is 0.461 e. The molecule has 3 aliphatic carbocycles. The number of nitrogens with zero attached hydrogens (tertiary/aromatic N) is 4. The second-order valence-corrected chi connectivity index (χ2v) is 16.4. The molecule has 14 nitrogen and oxygen atoms in total. The number of anilines is 1. The Labute approximate surface area is 278 Å². The van der Waals surface area contributed by atoms with E-state index in [0.29, 0.717) is 5.52 Å². The number of nitriles is 1. The number of esters is 1. The first-order valence-electron chi connectivity index (χ1n) is 16.3. The lowest BCUT2D eigenvalue weighted by Gasteiger charge is -2.44. The van der Waals surface area contributed by atoms with Crippen molar-refractivity contribution < 1.29 is 38.1 Å². The first-order chi connectivity index (χ1) is 22.6. The number of ether oxygens (including phenoxy) is 2. The third kappa shape index (κ3) is 5.28. The standard InChI is InChI=1S/C33H41N6O8P/c1-19(28(40)44-22-15-31(16-22)13-5-6-14-31)38-48(43,46-21-9-7-20(8-10-21)30(2,3)4)47-26-25-33(26,42)29(41)32(17-34,45-25)24-12-11-23-27(35)36-18-37-39(23)24/h7-12,18-19,22,25-26,29,41-42H,5-6,13-16H2,1-4H3,(H,38,43)(H2,35,36,37)/t19-,25+,26?,29-,32-,33-,48?/m0/s1. The topological polar surface area (TPSA) is 204 Å². The van der Waals surface area contributed by atoms with Gasteiger partial charge in [0.1, 0.15) is 54.1 Å². The predicted octanol–water partition coefficient (Wildman–Crippen LogP) is 3.65. The molecule has 2 aromatic heterocycles. The third-order valence-corrected chi connectivity index (χ3v) is 12.1. The number of nitrogen functional groups attached to an aromatic ring is 1. The SMILES string of the molecule is C[C@H](NP(=O)(Oc1ccc(C(C)(C)C)cc1)OC1[C@H]2O[C@@](C#N)(c3ccc4c(N)ncnn34)[C@H](O)[C@@]12O)C(=O)OC1CC2(CCCC2)C1. The molecule has 1 spiro atoms. The normalized spacial score (nSPS) is 31.1. The number of aromatic nitrogens is 3. The number of rotatable bonds is 9. The van der Waals surface area contributed by atoms with Crippen molar-refractivity contribution in [2.45, 2.75) is 113 Å². The summed E-state index contributed by atoms with van der Waals surface area (Å²) in [7, 11) is -4.47. The van der Waals surface area contributed by atoms with E-state index in [-0.39, 0.29) is 34.2 Å². The smallest absolute Gasteiger partial charge is 0.459 e. The molecule has 5 N–H and O–H groups in total. The number of aliphatic hydroxyl groups excluding tert-OH is 1. The van der Waals surface area contributed by atoms with Crippen molar-refractivity contribution in [2.75, 3.05) is 5.73 Å². The van der Waals surface area contributed by atoms with Crippen LogP contribution in [0.25, 0.3) is 5.52 Å². The lowest BCUT2D eigenvalue weighted by Crippen LogP contribution is -2.48. The van der Waals surface area contributed by atoms with Gasteiger partial charge in [0.25, 0.3) is 0 Å². The fourth-order valence-corrected chi connectivity index (χ4v) is 9.28. The van der Waals surface area contributed by atoms with Crippen molar-refractivity contribution in [2.24, 2.45) is 5.41 Å². The van der Waals surface area contributed by atoms with E-state index < -0.39 is 49.3 Å². The number of hydrogen-bond donors (Lipinski definition) is 4. The van der Waals surface area contributed by atoms with Crippen molar-refractivity contribution in [1.82, 2.24) is 19.7 Å². The molecule has 0 bridgehead atoms. The summed E-state index contributed by atoms with van der Waals surface area (Å²) in [6.07, 6.45) is 2.78. The molecular weight excluding hydrogens is 639 g/mol. The maximum atomic E-state index is 14.4. The van der Waals surface area contributed by atoms with Gasteiger partial charge in [0.2, 0.25) is 5.60 Å². The van der Waals surface area contributed by atoms with Crippen LogP contribution in [0.1, 0.15) is 77.5 Å². The van der Waals surface area contributed by atoms with Crippen molar-refractivity contribution in [3.63, 3.8) is 0 Å². The van der Waals surface area contributed by atoms with Gasteiger partial charge in [-0.05, 0) is 73.3 Å². The first kappa shape index (κ1) is 33.0. The van der Waals surface area contributed by atoms with Crippen molar-refractivity contribution in [3.8, 4) is 11.8 Å². The number of carbonyl (C=O) groups is 1. The Bertz CT molecular complexity index is 1820. The molecule has 2 unspecified atom stereocenters. The summed E-state index contributed by atoms with van der Waals surface area (Å²) in [5.74, 6) is -0.284. The van der Waals surface area contributed by atoms with E-state index in [1.807, 2.05) is 18.2 Å². The van der Waals surface area contributed by atoms with E-state index in [4.69, 9.17) is 24.3 Å². The molecule has 1 aliphatic heterocycles. The van der Waals surface area contributed by atoms with Crippen LogP contribution >= 0.6 is 7.75 Å². The summed E-state index contributed by atoms with van der Waals surface area (Å²) in [6.45, 7) is 7.66. The van der Waals surface area contributed by atoms with Crippen LogP contribution in [0.5, 0.6) is 5.75 Å². The maximum Gasteiger partial charge on any atom is 0.459 e. The Morgan fingerprint density at radius 2 is 1.90 bits per heavy atom. The number of fused-ring (bicyclic) bond motifs is 2. The molecule has 1 aromatic carbocycles. The van der Waals surface area contributed by atoms with E-state index in [1.165, 1.54) is 36.7 Å². The zero-order chi connectivity index (χ0) is 34.3. The van der Waals surface area contributed by atoms with Crippen LogP contribution in [0.4, 0.5) is 5.82 Å². The van der Waals surface area contributed by atoms with Gasteiger partial charge in [0, 0.05) is 0 Å². The third-order valence-electron chi connectivity index (χ3n) is 10.4. The van der Waals surface area contributed by atoms with Gasteiger partial charge in [-0.3, -0.25) is 9.32 Å². The molecule has 256 valence electrons. The van der Waals surface area contributed by atoms with Crippen LogP contribution in [0.15, 0.2) is 42.7 Å². The molecule has 3 aromatic rings. The minimum absolute atomic E-state index is 0.115. The molecule has 7 atom stereocenters. The summed E-state index contributed by atoms with van der Waals surface area (Å²) in [4.78, 5) is 17.1. The molecule has 15 heteroatoms. The zero-order valence-corrected chi connectivity index (χ0v) is 28.2. The Morgan fingerprint density at radius 1 is 1.21 bits per heavy atom. The highest BCUT2D eigenvalue weighted by Gasteiger charge is 2.84. The molecule has 4 aliphatic rings. The van der Waals surface area contributed by atoms with Gasteiger partial charge in [-0.15, -0.1) is 0 Å². The van der Waals surface area contributed by atoms with Crippen LogP contribution in [0, 0.1) is 16.7 Å². The number of aliphatic hydroxyl groups is 2. The minimum Gasteiger partial charge on any atom is -0.461 e. The van der Waals surface area contributed by atoms with E-state index in [0.717, 1.165) is 31.2 Å². The summed E-state index contributed by atoms with van der Waals surface area (Å²) in [5, 5.41) is 40.2. The van der Waals surface area contributed by atoms with E-state index in [9.17, 15) is 24.8 Å². The van der Waals surface area contributed by atoms with E-state index in [1.54, 1.807) is 18.2 Å². The average molecular weight is 681 g/mol. The Kier molecular flexibility index (Phi) is 7.71. The number of benzene rings is 1. The van der Waals surface area contributed by atoms with Gasteiger partial charge < -0.3 is 29.9 Å². The Balaban J connectivity index is 1.11. The molecule has 3 saturated carbocycles. The van der Waals surface area contributed by atoms with Gasteiger partial charge in [-0.1, -0.05) is 45.7 Å². The monoisotopic (exact) mass is 680 g/mol. The highest BCUT2D eigenvalue weighted by Crippen LogP contribution is 2.63. The van der Waals surface area contributed by atoms with Crippen molar-refractivity contribution in [1.29, 1.82) is 5.26 Å². The highest BCUT2D eigenvalue weighted by molar-refractivity contribution is 7.52. The Morgan fingerprint density at radius 3 is 2.50 bits per heavy atom. The average Bonchev–Trinajstić information content (AvgIpc) is 3.49. The minimum atomic E-state index is -4.47. The van der Waals surface area contributed by atoms with E-state index >= 15 is 0 Å². The Hall–Kier alpha value is -3.57. The van der Waals surface area contributed by atoms with Crippen molar-refractivity contribution in [3.05, 3.63) is 54.0 Å². The second kappa shape index (κ2) is 11.2. The highest BCUT2D eigenvalue weighted by atomic mass is 31.2. The van der Waals surface area contributed by atoms with Crippen LogP contribution in [-0.2, 0) is 34.4 Å². The van der Waals surface area contributed by atoms with Gasteiger partial charge in [-0.2, -0.15) is 15.4 Å². The van der Waals surface area contributed by atoms with Gasteiger partial charge >= 0.3 is 13.7 Å². The molecule has 0 radical (unpaired) electrons. The molecule has 3 heterocycles. The number of hydrogen-bond acceptors (Lipinski definition) is 12. The van der Waals surface area contributed by atoms with Gasteiger partial charge in [-0.25, -0.2) is 14.1 Å². The summed E-state index contributed by atoms with van der Waals surface area (Å²) < 4.78 is 39.3. The van der Waals surface area contributed by atoms with Gasteiger partial charge in [0.15, 0.2) is 11.4 Å². The molecule has 4 fully saturated rings. The van der Waals surface area contributed by atoms with E-state index in [2.05, 4.69) is 35.9 Å². The molecule has 1 saturated heterocycles.